The van der Waals surface area contributed by atoms with Crippen LogP contribution in [0.1, 0.15) is 66.4 Å². The van der Waals surface area contributed by atoms with E-state index in [0.717, 1.165) is 17.6 Å². The van der Waals surface area contributed by atoms with Gasteiger partial charge in [-0.2, -0.15) is 0 Å². The van der Waals surface area contributed by atoms with Crippen molar-refractivity contribution in [3.05, 3.63) is 35.4 Å². The van der Waals surface area contributed by atoms with Crippen molar-refractivity contribution in [3.8, 4) is 17.2 Å². The summed E-state index contributed by atoms with van der Waals surface area (Å²) >= 11 is 0. The molecule has 1 aromatic carbocycles. The third kappa shape index (κ3) is 4.87. The summed E-state index contributed by atoms with van der Waals surface area (Å²) in [4.78, 5) is 0. The number of hydrogen-bond donors (Lipinski definition) is 0. The van der Waals surface area contributed by atoms with Gasteiger partial charge in [0.1, 0.15) is 13.8 Å². The first kappa shape index (κ1) is 25.1. The SMILES string of the molecule is COC/C(=C\c1ccc(OC)cc1)[C@@H]1[C@H]2CC[C@H](C2)[C@@H]1C#C[Si](C(C)C)(C(C)C)C(C)C. The Morgan fingerprint density at radius 2 is 1.56 bits per heavy atom. The summed E-state index contributed by atoms with van der Waals surface area (Å²) in [6, 6.07) is 8.39. The lowest BCUT2D eigenvalue weighted by Gasteiger charge is -2.38. The van der Waals surface area contributed by atoms with Crippen LogP contribution in [0.15, 0.2) is 29.8 Å². The Kier molecular flexibility index (Phi) is 8.34. The van der Waals surface area contributed by atoms with Gasteiger partial charge < -0.3 is 9.47 Å². The molecule has 0 saturated heterocycles. The lowest BCUT2D eigenvalue weighted by atomic mass is 9.75. The van der Waals surface area contributed by atoms with E-state index in [0.29, 0.717) is 35.1 Å². The van der Waals surface area contributed by atoms with Gasteiger partial charge in [0.05, 0.1) is 13.7 Å². The fraction of sp³-hybridized carbons (Fsp3) is 0.655. The van der Waals surface area contributed by atoms with E-state index >= 15 is 0 Å². The van der Waals surface area contributed by atoms with Crippen molar-refractivity contribution in [1.29, 1.82) is 0 Å². The van der Waals surface area contributed by atoms with Crippen LogP contribution in [0.3, 0.4) is 0 Å². The Morgan fingerprint density at radius 1 is 0.969 bits per heavy atom. The zero-order valence-electron chi connectivity index (χ0n) is 21.6. The molecule has 2 nitrogen and oxygen atoms in total. The highest BCUT2D eigenvalue weighted by molar-refractivity contribution is 6.90. The van der Waals surface area contributed by atoms with Gasteiger partial charge in [-0.1, -0.05) is 59.8 Å². The van der Waals surface area contributed by atoms with Crippen molar-refractivity contribution < 1.29 is 9.47 Å². The molecule has 3 rings (SSSR count). The number of ether oxygens (including phenoxy) is 2. The predicted octanol–water partition coefficient (Wildman–Crippen LogP) is 7.61. The maximum atomic E-state index is 5.72. The lowest BCUT2D eigenvalue weighted by molar-refractivity contribution is 0.199. The number of methoxy groups -OCH3 is 2. The number of hydrogen-bond acceptors (Lipinski definition) is 2. The monoisotopic (exact) mass is 452 g/mol. The van der Waals surface area contributed by atoms with E-state index < -0.39 is 8.07 Å². The van der Waals surface area contributed by atoms with Crippen LogP contribution in [0.25, 0.3) is 6.08 Å². The number of fused-ring (bicyclic) bond motifs is 2. The van der Waals surface area contributed by atoms with Crippen LogP contribution in [-0.2, 0) is 4.74 Å². The normalized spacial score (nSPS) is 25.5. The first-order valence-electron chi connectivity index (χ1n) is 12.6. The van der Waals surface area contributed by atoms with Gasteiger partial charge in [-0.25, -0.2) is 0 Å². The summed E-state index contributed by atoms with van der Waals surface area (Å²) in [5.41, 5.74) is 8.76. The summed E-state index contributed by atoms with van der Waals surface area (Å²) < 4.78 is 11.1. The number of rotatable bonds is 8. The molecule has 2 fully saturated rings. The van der Waals surface area contributed by atoms with Gasteiger partial charge in [-0.05, 0) is 76.9 Å². The van der Waals surface area contributed by atoms with Crippen molar-refractivity contribution >= 4 is 14.1 Å². The Bertz CT molecular complexity index is 818. The standard InChI is InChI=1S/C29H44O2Si/c1-20(2)32(21(3)4,22(5)6)16-15-28-24-11-12-25(18-24)29(28)26(19-30-7)17-23-9-13-27(31-8)14-10-23/h9-10,13-14,17,20-22,24-25,28-29H,11-12,18-19H2,1-8H3/b26-17+/t24-,25+,28+,29+/m1/s1. The molecular formula is C29H44O2Si. The fourth-order valence-electron chi connectivity index (χ4n) is 6.99. The Labute approximate surface area is 198 Å². The zero-order valence-corrected chi connectivity index (χ0v) is 22.6. The maximum Gasteiger partial charge on any atom is 0.145 e. The summed E-state index contributed by atoms with van der Waals surface area (Å²) in [5, 5.41) is 0. The van der Waals surface area contributed by atoms with Gasteiger partial charge in [0, 0.05) is 13.0 Å². The smallest absolute Gasteiger partial charge is 0.145 e. The van der Waals surface area contributed by atoms with Crippen LogP contribution in [0.2, 0.25) is 16.6 Å². The Balaban J connectivity index is 1.99. The highest BCUT2D eigenvalue weighted by Crippen LogP contribution is 2.55. The van der Waals surface area contributed by atoms with Crippen molar-refractivity contribution in [2.45, 2.75) is 77.4 Å². The molecule has 1 aromatic rings. The van der Waals surface area contributed by atoms with E-state index in [1.807, 2.05) is 19.2 Å². The van der Waals surface area contributed by atoms with Gasteiger partial charge in [0.2, 0.25) is 0 Å². The molecule has 32 heavy (non-hydrogen) atoms. The summed E-state index contributed by atoms with van der Waals surface area (Å²) in [5.74, 6) is 7.41. The summed E-state index contributed by atoms with van der Waals surface area (Å²) in [6.07, 6.45) is 6.40. The largest absolute Gasteiger partial charge is 0.497 e. The minimum Gasteiger partial charge on any atom is -0.497 e. The maximum absolute atomic E-state index is 5.72. The number of benzene rings is 1. The van der Waals surface area contributed by atoms with Gasteiger partial charge >= 0.3 is 0 Å². The molecule has 176 valence electrons. The average molecular weight is 453 g/mol. The van der Waals surface area contributed by atoms with E-state index in [-0.39, 0.29) is 0 Å². The molecule has 2 saturated carbocycles. The molecule has 0 aliphatic heterocycles. The minimum absolute atomic E-state index is 0.483. The molecule has 0 radical (unpaired) electrons. The van der Waals surface area contributed by atoms with Gasteiger partial charge in [-0.3, -0.25) is 0 Å². The van der Waals surface area contributed by atoms with Crippen LogP contribution in [0.4, 0.5) is 0 Å². The topological polar surface area (TPSA) is 18.5 Å². The fourth-order valence-corrected chi connectivity index (χ4v) is 12.3. The summed E-state index contributed by atoms with van der Waals surface area (Å²) in [6.45, 7) is 15.2. The molecule has 0 unspecified atom stereocenters. The molecule has 0 N–H and O–H groups in total. The Morgan fingerprint density at radius 3 is 2.09 bits per heavy atom. The van der Waals surface area contributed by atoms with E-state index in [4.69, 9.17) is 9.47 Å². The molecule has 0 aromatic heterocycles. The minimum atomic E-state index is -1.72. The molecule has 2 bridgehead atoms. The van der Waals surface area contributed by atoms with Gasteiger partial charge in [0.25, 0.3) is 0 Å². The highest BCUT2D eigenvalue weighted by Gasteiger charge is 2.49. The van der Waals surface area contributed by atoms with Crippen LogP contribution >= 0.6 is 0 Å². The molecule has 0 heterocycles. The van der Waals surface area contributed by atoms with Crippen LogP contribution in [0, 0.1) is 35.1 Å². The van der Waals surface area contributed by atoms with Gasteiger partial charge in [0.15, 0.2) is 0 Å². The second-order valence-corrected chi connectivity index (χ2v) is 16.6. The quantitative estimate of drug-likeness (QED) is 0.298. The molecule has 0 spiro atoms. The van der Waals surface area contributed by atoms with Crippen molar-refractivity contribution in [1.82, 2.24) is 0 Å². The van der Waals surface area contributed by atoms with E-state index in [2.05, 4.69) is 71.2 Å². The van der Waals surface area contributed by atoms with E-state index in [1.165, 1.54) is 30.4 Å². The van der Waals surface area contributed by atoms with Crippen LogP contribution in [0.5, 0.6) is 5.75 Å². The molecule has 2 aliphatic rings. The highest BCUT2D eigenvalue weighted by atomic mass is 28.3. The van der Waals surface area contributed by atoms with Crippen molar-refractivity contribution in [2.24, 2.45) is 23.7 Å². The third-order valence-corrected chi connectivity index (χ3v) is 14.8. The first-order chi connectivity index (χ1) is 15.2. The first-order valence-corrected chi connectivity index (χ1v) is 14.8. The van der Waals surface area contributed by atoms with E-state index in [1.54, 1.807) is 7.11 Å². The summed E-state index contributed by atoms with van der Waals surface area (Å²) in [7, 11) is 1.82. The predicted molar refractivity (Wildman–Crippen MR) is 139 cm³/mol. The van der Waals surface area contributed by atoms with Crippen molar-refractivity contribution in [2.75, 3.05) is 20.8 Å². The second-order valence-electron chi connectivity index (χ2n) is 11.0. The Hall–Kier alpha value is -1.50. The lowest BCUT2D eigenvalue weighted by Crippen LogP contribution is -2.43. The van der Waals surface area contributed by atoms with Crippen molar-refractivity contribution in [3.63, 3.8) is 0 Å². The zero-order chi connectivity index (χ0) is 23.5. The average Bonchev–Trinajstić information content (AvgIpc) is 3.35. The second kappa shape index (κ2) is 10.6. The van der Waals surface area contributed by atoms with Crippen LogP contribution < -0.4 is 4.74 Å². The molecule has 3 heteroatoms. The molecule has 4 atom stereocenters. The molecular weight excluding hydrogens is 408 g/mol. The molecule has 2 aliphatic carbocycles. The van der Waals surface area contributed by atoms with E-state index in [9.17, 15) is 0 Å². The van der Waals surface area contributed by atoms with Gasteiger partial charge in [-0.15, -0.1) is 11.5 Å². The molecule has 0 amide bonds. The third-order valence-electron chi connectivity index (χ3n) is 8.44. The van der Waals surface area contributed by atoms with Crippen LogP contribution in [-0.4, -0.2) is 28.9 Å².